The number of rotatable bonds is 5. The second-order valence-corrected chi connectivity index (χ2v) is 9.73. The van der Waals surface area contributed by atoms with Gasteiger partial charge in [-0.15, -0.1) is 0 Å². The van der Waals surface area contributed by atoms with Crippen LogP contribution in [-0.4, -0.2) is 25.1 Å². The summed E-state index contributed by atoms with van der Waals surface area (Å²) >= 11 is 0. The van der Waals surface area contributed by atoms with E-state index >= 15 is 0 Å². The van der Waals surface area contributed by atoms with Crippen molar-refractivity contribution in [1.82, 2.24) is 0 Å². The lowest BCUT2D eigenvalue weighted by atomic mass is 9.82. The number of ether oxygens (including phenoxy) is 1. The predicted molar refractivity (Wildman–Crippen MR) is 131 cm³/mol. The van der Waals surface area contributed by atoms with Gasteiger partial charge < -0.3 is 19.8 Å². The van der Waals surface area contributed by atoms with Crippen molar-refractivity contribution >= 4 is 27.4 Å². The summed E-state index contributed by atoms with van der Waals surface area (Å²) in [7, 11) is -4.02. The molecule has 4 aromatic rings. The number of fused-ring (bicyclic) bond motifs is 2. The molecule has 9 heteroatoms. The van der Waals surface area contributed by atoms with Gasteiger partial charge in [-0.05, 0) is 43.3 Å². The third-order valence-corrected chi connectivity index (χ3v) is 7.01. The van der Waals surface area contributed by atoms with Crippen LogP contribution in [0.2, 0.25) is 0 Å². The highest BCUT2D eigenvalue weighted by Crippen LogP contribution is 2.42. The van der Waals surface area contributed by atoms with Gasteiger partial charge in [-0.2, -0.15) is 8.42 Å². The number of carbonyl (C=O) groups excluding carboxylic acids is 2. The first-order valence-electron chi connectivity index (χ1n) is 10.8. The van der Waals surface area contributed by atoms with E-state index in [2.05, 4.69) is 0 Å². The number of phenolic OH excluding ortho intramolecular Hbond substituents is 1. The maximum Gasteiger partial charge on any atom is 0.339 e. The van der Waals surface area contributed by atoms with E-state index in [0.29, 0.717) is 0 Å². The lowest BCUT2D eigenvalue weighted by Crippen LogP contribution is -2.22. The lowest BCUT2D eigenvalue weighted by molar-refractivity contribution is 0.0977. The maximum absolute atomic E-state index is 13.1. The van der Waals surface area contributed by atoms with Crippen LogP contribution < -0.4 is 14.7 Å². The number of benzene rings is 4. The summed E-state index contributed by atoms with van der Waals surface area (Å²) in [6.45, 7) is 1.84. The molecule has 0 fully saturated rings. The molecule has 3 N–H and O–H groups in total. The molecule has 1 aliphatic carbocycles. The fraction of sp³-hybridized carbons (Fsp3) is 0.0370. The number of ketones is 2. The number of hydrogen-bond acceptors (Lipinski definition) is 8. The van der Waals surface area contributed by atoms with Crippen molar-refractivity contribution in [1.29, 1.82) is 0 Å². The third-order valence-electron chi connectivity index (χ3n) is 5.75. The first-order chi connectivity index (χ1) is 17.2. The van der Waals surface area contributed by atoms with Crippen LogP contribution in [0.25, 0.3) is 0 Å². The Morgan fingerprint density at radius 1 is 0.778 bits per heavy atom. The van der Waals surface area contributed by atoms with E-state index < -0.39 is 27.4 Å². The van der Waals surface area contributed by atoms with Gasteiger partial charge in [-0.1, -0.05) is 42.0 Å². The number of nitrogen functional groups attached to an aromatic ring is 1. The Bertz CT molecular complexity index is 1640. The molecular weight excluding hydrogens is 482 g/mol. The van der Waals surface area contributed by atoms with Crippen molar-refractivity contribution in [3.8, 4) is 23.0 Å². The monoisotopic (exact) mass is 501 g/mol. The lowest BCUT2D eigenvalue weighted by Gasteiger charge is -2.21. The number of phenols is 1. The van der Waals surface area contributed by atoms with Crippen molar-refractivity contribution in [3.05, 3.63) is 107 Å². The largest absolute Gasteiger partial charge is 0.507 e. The van der Waals surface area contributed by atoms with Crippen LogP contribution in [0.4, 0.5) is 5.69 Å². The Morgan fingerprint density at radius 2 is 1.33 bits per heavy atom. The van der Waals surface area contributed by atoms with Crippen LogP contribution in [0.15, 0.2) is 83.8 Å². The molecule has 0 heterocycles. The zero-order valence-electron chi connectivity index (χ0n) is 18.9. The zero-order chi connectivity index (χ0) is 25.6. The Labute approximate surface area is 206 Å². The predicted octanol–water partition coefficient (Wildman–Crippen LogP) is 4.62. The Balaban J connectivity index is 1.42. The number of aryl methyl sites for hydroxylation is 1. The Hall–Kier alpha value is -4.63. The SMILES string of the molecule is Cc1ccc(S(=O)(=O)Oc2ccc(Oc3cc(O)c4c(c3N)C(=O)c3ccccc3C4=O)cc2)cc1. The molecule has 0 unspecified atom stereocenters. The van der Waals surface area contributed by atoms with Crippen molar-refractivity contribution in [2.45, 2.75) is 11.8 Å². The van der Waals surface area contributed by atoms with Crippen molar-refractivity contribution < 1.29 is 32.0 Å². The normalized spacial score (nSPS) is 12.6. The van der Waals surface area contributed by atoms with Crippen LogP contribution in [0.5, 0.6) is 23.0 Å². The number of aromatic hydroxyl groups is 1. The number of hydrogen-bond donors (Lipinski definition) is 2. The molecule has 4 aromatic carbocycles. The smallest absolute Gasteiger partial charge is 0.339 e. The molecule has 36 heavy (non-hydrogen) atoms. The minimum atomic E-state index is -4.02. The van der Waals surface area contributed by atoms with Crippen molar-refractivity contribution in [2.75, 3.05) is 5.73 Å². The summed E-state index contributed by atoms with van der Waals surface area (Å²) in [6, 6.07) is 19.4. The molecule has 0 spiro atoms. The Kier molecular flexibility index (Phi) is 5.49. The molecule has 1 aliphatic rings. The van der Waals surface area contributed by atoms with Gasteiger partial charge in [0.1, 0.15) is 22.1 Å². The highest BCUT2D eigenvalue weighted by molar-refractivity contribution is 7.87. The topological polar surface area (TPSA) is 133 Å². The van der Waals surface area contributed by atoms with E-state index in [1.807, 2.05) is 6.92 Å². The zero-order valence-corrected chi connectivity index (χ0v) is 19.7. The van der Waals surface area contributed by atoms with Gasteiger partial charge in [0.25, 0.3) is 0 Å². The molecule has 0 radical (unpaired) electrons. The van der Waals surface area contributed by atoms with Crippen molar-refractivity contribution in [3.63, 3.8) is 0 Å². The standard InChI is InChI=1S/C27H19NO7S/c1-15-6-12-18(13-7-15)36(32,33)35-17-10-8-16(9-11-17)34-22-14-21(29)23-24(25(22)28)27(31)20-5-3-2-4-19(20)26(23)30/h2-14,29H,28H2,1H3. The average molecular weight is 502 g/mol. The number of anilines is 1. The highest BCUT2D eigenvalue weighted by Gasteiger charge is 2.35. The molecule has 0 saturated heterocycles. The van der Waals surface area contributed by atoms with Crippen LogP contribution in [0.1, 0.15) is 37.4 Å². The molecule has 0 amide bonds. The molecule has 0 aliphatic heterocycles. The van der Waals surface area contributed by atoms with Crippen LogP contribution in [-0.2, 0) is 10.1 Å². The summed E-state index contributed by atoms with van der Waals surface area (Å²) in [5.74, 6) is -1.19. The molecule has 0 bridgehead atoms. The fourth-order valence-corrected chi connectivity index (χ4v) is 4.86. The van der Waals surface area contributed by atoms with Gasteiger partial charge in [-0.3, -0.25) is 9.59 Å². The van der Waals surface area contributed by atoms with E-state index in [4.69, 9.17) is 14.7 Å². The summed E-state index contributed by atoms with van der Waals surface area (Å²) in [4.78, 5) is 26.0. The summed E-state index contributed by atoms with van der Waals surface area (Å²) < 4.78 is 35.9. The van der Waals surface area contributed by atoms with Crippen LogP contribution in [0, 0.1) is 6.92 Å². The van der Waals surface area contributed by atoms with Gasteiger partial charge in [0, 0.05) is 17.2 Å². The minimum absolute atomic E-state index is 0.0199. The third kappa shape index (κ3) is 3.95. The molecule has 8 nitrogen and oxygen atoms in total. The summed E-state index contributed by atoms with van der Waals surface area (Å²) in [5, 5.41) is 10.6. The van der Waals surface area contributed by atoms with E-state index in [1.165, 1.54) is 54.6 Å². The quantitative estimate of drug-likeness (QED) is 0.203. The van der Waals surface area contributed by atoms with Gasteiger partial charge in [0.2, 0.25) is 0 Å². The van der Waals surface area contributed by atoms with Gasteiger partial charge in [0.15, 0.2) is 17.3 Å². The van der Waals surface area contributed by atoms with Crippen LogP contribution >= 0.6 is 0 Å². The first-order valence-corrected chi connectivity index (χ1v) is 12.2. The van der Waals surface area contributed by atoms with E-state index in [1.54, 1.807) is 24.3 Å². The summed E-state index contributed by atoms with van der Waals surface area (Å²) in [6.07, 6.45) is 0. The van der Waals surface area contributed by atoms with E-state index in [9.17, 15) is 23.1 Å². The first kappa shape index (κ1) is 23.1. The molecule has 0 atom stereocenters. The van der Waals surface area contributed by atoms with Gasteiger partial charge in [-0.25, -0.2) is 0 Å². The molecule has 180 valence electrons. The summed E-state index contributed by atoms with van der Waals surface area (Å²) in [5.41, 5.74) is 7.10. The average Bonchev–Trinajstić information content (AvgIpc) is 2.86. The van der Waals surface area contributed by atoms with Crippen molar-refractivity contribution in [2.24, 2.45) is 0 Å². The Morgan fingerprint density at radius 3 is 1.94 bits per heavy atom. The molecule has 0 aromatic heterocycles. The molecular formula is C27H19NO7S. The fourth-order valence-electron chi connectivity index (χ4n) is 3.93. The second-order valence-electron chi connectivity index (χ2n) is 8.19. The number of nitrogens with two attached hydrogens (primary N) is 1. The maximum atomic E-state index is 13.1. The minimum Gasteiger partial charge on any atom is -0.507 e. The van der Waals surface area contributed by atoms with E-state index in [0.717, 1.165) is 5.56 Å². The highest BCUT2D eigenvalue weighted by atomic mass is 32.2. The van der Waals surface area contributed by atoms with Gasteiger partial charge >= 0.3 is 10.1 Å². The van der Waals surface area contributed by atoms with E-state index in [-0.39, 0.29) is 50.1 Å². The van der Waals surface area contributed by atoms with Crippen LogP contribution in [0.3, 0.4) is 0 Å². The molecule has 0 saturated carbocycles. The van der Waals surface area contributed by atoms with Gasteiger partial charge in [0.05, 0.1) is 16.8 Å². The number of carbonyl (C=O) groups is 2. The molecule has 5 rings (SSSR count). The second kappa shape index (κ2) is 8.54.